The molecule has 0 aliphatic heterocycles. The summed E-state index contributed by atoms with van der Waals surface area (Å²) < 4.78 is 0. The Kier molecular flexibility index (Phi) is 19.3. The monoisotopic (exact) mass is 1540 g/mol. The number of benzene rings is 19. The molecule has 0 amide bonds. The Hall–Kier alpha value is -15.8. The molecule has 566 valence electrons. The van der Waals surface area contributed by atoms with Crippen LogP contribution in [0.15, 0.2) is 479 Å². The van der Waals surface area contributed by atoms with Crippen molar-refractivity contribution in [1.29, 1.82) is 0 Å². The highest BCUT2D eigenvalue weighted by atomic mass is 15.0. The summed E-state index contributed by atoms with van der Waals surface area (Å²) in [7, 11) is 0. The molecule has 0 radical (unpaired) electrons. The van der Waals surface area contributed by atoms with Crippen molar-refractivity contribution in [3.05, 3.63) is 501 Å². The van der Waals surface area contributed by atoms with Gasteiger partial charge in [0.25, 0.3) is 0 Å². The zero-order valence-electron chi connectivity index (χ0n) is 66.5. The Bertz CT molecular complexity index is 6680. The van der Waals surface area contributed by atoms with E-state index in [9.17, 15) is 0 Å². The molecule has 0 saturated heterocycles. The van der Waals surface area contributed by atoms with E-state index in [0.717, 1.165) is 195 Å². The molecule has 121 heavy (non-hydrogen) atoms. The van der Waals surface area contributed by atoms with Gasteiger partial charge in [-0.1, -0.05) is 370 Å². The van der Waals surface area contributed by atoms with Crippen LogP contribution in [0.1, 0.15) is 22.3 Å². The van der Waals surface area contributed by atoms with Gasteiger partial charge in [-0.25, -0.2) is 15.0 Å². The molecule has 0 saturated carbocycles. The summed E-state index contributed by atoms with van der Waals surface area (Å²) >= 11 is 0. The van der Waals surface area contributed by atoms with Crippen molar-refractivity contribution in [2.45, 2.75) is 5.41 Å². The first-order valence-corrected chi connectivity index (χ1v) is 41.5. The highest BCUT2D eigenvalue weighted by Crippen LogP contribution is 2.59. The minimum atomic E-state index is -1.06. The predicted octanol–water partition coefficient (Wildman–Crippen LogP) is 30.9. The van der Waals surface area contributed by atoms with Crippen LogP contribution in [0.4, 0.5) is 0 Å². The van der Waals surface area contributed by atoms with E-state index in [-0.39, 0.29) is 0 Å². The van der Waals surface area contributed by atoms with Crippen molar-refractivity contribution in [2.75, 3.05) is 0 Å². The molecule has 0 spiro atoms. The quantitative estimate of drug-likeness (QED) is 0.0859. The number of nitrogens with zero attached hydrogens (tertiary/aromatic N) is 3. The highest BCUT2D eigenvalue weighted by molar-refractivity contribution is 5.93. The van der Waals surface area contributed by atoms with Gasteiger partial charge < -0.3 is 0 Å². The third-order valence-electron chi connectivity index (χ3n) is 23.9. The Morgan fingerprint density at radius 2 is 0.306 bits per heavy atom. The Morgan fingerprint density at radius 1 is 0.116 bits per heavy atom. The van der Waals surface area contributed by atoms with Gasteiger partial charge in [0.15, 0.2) is 17.5 Å². The lowest BCUT2D eigenvalue weighted by atomic mass is 9.66. The molecule has 0 unspecified atom stereocenters. The molecule has 0 atom stereocenters. The minimum Gasteiger partial charge on any atom is -0.208 e. The fourth-order valence-electron chi connectivity index (χ4n) is 17.9. The summed E-state index contributed by atoms with van der Waals surface area (Å²) in [5.41, 5.74) is 37.1. The standard InChI is InChI=1S/C118H79N3/c1-9-32-80(33-10-1)88-48-27-52-92(62-88)104-71-105(93-53-28-49-89(63-93)81-34-11-2-12-35-81)76-109(75-104)118(110-77-106(94-54-29-50-90(64-94)82-36-13-3-14-37-82)72-107(78-110)95-55-30-51-91(65-95)83-38-15-4-16-39-83)113-59-26-25-58-111(113)112-61-60-98(79-114(112)118)116-119-115(120-117(121-116)108-73-101(86-44-21-7-22-45-86)68-102(74-108)87-46-23-8-24-47-87)97-57-31-56-96(66-97)103-69-99(84-40-17-5-18-41-84)67-100(70-103)85-42-19-6-20-43-85/h1-79H. The van der Waals surface area contributed by atoms with Gasteiger partial charge in [0.05, 0.1) is 5.41 Å². The molecule has 3 nitrogen and oxygen atoms in total. The third kappa shape index (κ3) is 14.5. The van der Waals surface area contributed by atoms with Crippen LogP contribution < -0.4 is 0 Å². The number of hydrogen-bond donors (Lipinski definition) is 0. The van der Waals surface area contributed by atoms with Crippen LogP contribution in [0, 0.1) is 0 Å². The van der Waals surface area contributed by atoms with Crippen molar-refractivity contribution < 1.29 is 0 Å². The van der Waals surface area contributed by atoms with Gasteiger partial charge in [-0.15, -0.1) is 0 Å². The average Bonchev–Trinajstić information content (AvgIpc) is 1.55. The van der Waals surface area contributed by atoms with E-state index >= 15 is 0 Å². The summed E-state index contributed by atoms with van der Waals surface area (Å²) in [5, 5.41) is 0. The smallest absolute Gasteiger partial charge is 0.164 e. The molecule has 19 aromatic carbocycles. The van der Waals surface area contributed by atoms with Gasteiger partial charge in [0.1, 0.15) is 0 Å². The van der Waals surface area contributed by atoms with E-state index in [1.165, 1.54) is 0 Å². The molecular formula is C118H79N3. The zero-order chi connectivity index (χ0) is 80.4. The fraction of sp³-hybridized carbons (Fsp3) is 0.00847. The largest absolute Gasteiger partial charge is 0.208 e. The molecule has 0 fully saturated rings. The summed E-state index contributed by atoms with van der Waals surface area (Å²) in [6, 6.07) is 176. The molecule has 1 aliphatic rings. The molecule has 3 heteroatoms. The van der Waals surface area contributed by atoms with E-state index in [0.29, 0.717) is 17.5 Å². The van der Waals surface area contributed by atoms with Crippen LogP contribution in [-0.4, -0.2) is 15.0 Å². The average molecular weight is 1540 g/mol. The topological polar surface area (TPSA) is 38.7 Å². The van der Waals surface area contributed by atoms with E-state index in [1.807, 2.05) is 0 Å². The Labute approximate surface area is 707 Å². The lowest BCUT2D eigenvalue weighted by Crippen LogP contribution is -2.29. The van der Waals surface area contributed by atoms with Crippen LogP contribution in [-0.2, 0) is 5.41 Å². The molecular weight excluding hydrogens is 1460 g/mol. The second-order valence-corrected chi connectivity index (χ2v) is 31.4. The number of hydrogen-bond acceptors (Lipinski definition) is 3. The Balaban J connectivity index is 0.848. The SMILES string of the molecule is c1ccc(-c2cccc(-c3cc(-c4cccc(-c5ccccc5)c4)cc(C4(c5cc(-c6cccc(-c7ccccc7)c6)cc(-c6cccc(-c7ccccc7)c6)c5)c5ccccc5-c5ccc(-c6nc(-c7cccc(-c8cc(-c9ccccc9)cc(-c9ccccc9)c8)c7)nc(-c7cc(-c8ccccc8)cc(-c8ccccc8)c7)n6)cc54)c3)c2)cc1. The number of fused-ring (bicyclic) bond motifs is 3. The van der Waals surface area contributed by atoms with Crippen molar-refractivity contribution in [2.24, 2.45) is 0 Å². The maximum absolute atomic E-state index is 5.83. The van der Waals surface area contributed by atoms with E-state index in [4.69, 9.17) is 15.0 Å². The van der Waals surface area contributed by atoms with Crippen molar-refractivity contribution in [3.8, 4) is 190 Å². The van der Waals surface area contributed by atoms with Gasteiger partial charge in [-0.2, -0.15) is 0 Å². The van der Waals surface area contributed by atoms with Gasteiger partial charge in [0.2, 0.25) is 0 Å². The van der Waals surface area contributed by atoms with Gasteiger partial charge >= 0.3 is 0 Å². The molecule has 1 aliphatic carbocycles. The fourth-order valence-corrected chi connectivity index (χ4v) is 17.9. The van der Waals surface area contributed by atoms with Crippen LogP contribution in [0.2, 0.25) is 0 Å². The van der Waals surface area contributed by atoms with Crippen molar-refractivity contribution in [1.82, 2.24) is 15.0 Å². The van der Waals surface area contributed by atoms with E-state index in [1.54, 1.807) is 0 Å². The molecule has 0 N–H and O–H groups in total. The number of aromatic nitrogens is 3. The first-order valence-electron chi connectivity index (χ1n) is 41.5. The highest BCUT2D eigenvalue weighted by Gasteiger charge is 2.47. The van der Waals surface area contributed by atoms with Gasteiger partial charge in [0, 0.05) is 16.7 Å². The summed E-state index contributed by atoms with van der Waals surface area (Å²) in [6.07, 6.45) is 0. The normalized spacial score (nSPS) is 11.9. The van der Waals surface area contributed by atoms with Gasteiger partial charge in [-0.3, -0.25) is 0 Å². The summed E-state index contributed by atoms with van der Waals surface area (Å²) in [5.74, 6) is 1.64. The third-order valence-corrected chi connectivity index (χ3v) is 23.9. The number of rotatable bonds is 18. The second kappa shape index (κ2) is 32.0. The second-order valence-electron chi connectivity index (χ2n) is 31.4. The zero-order valence-corrected chi connectivity index (χ0v) is 66.5. The van der Waals surface area contributed by atoms with E-state index < -0.39 is 5.41 Å². The molecule has 21 rings (SSSR count). The van der Waals surface area contributed by atoms with Gasteiger partial charge in [-0.05, 0) is 287 Å². The molecule has 20 aromatic rings. The predicted molar refractivity (Wildman–Crippen MR) is 504 cm³/mol. The maximum atomic E-state index is 5.83. The first-order chi connectivity index (χ1) is 59.9. The first kappa shape index (κ1) is 72.9. The van der Waals surface area contributed by atoms with Crippen molar-refractivity contribution in [3.63, 3.8) is 0 Å². The lowest BCUT2D eigenvalue weighted by molar-refractivity contribution is 0.770. The van der Waals surface area contributed by atoms with E-state index in [2.05, 4.69) is 479 Å². The Morgan fingerprint density at radius 3 is 0.612 bits per heavy atom. The van der Waals surface area contributed by atoms with Crippen LogP contribution in [0.25, 0.3) is 190 Å². The molecule has 0 bridgehead atoms. The molecule has 1 heterocycles. The maximum Gasteiger partial charge on any atom is 0.164 e. The van der Waals surface area contributed by atoms with Crippen LogP contribution in [0.3, 0.4) is 0 Å². The van der Waals surface area contributed by atoms with Crippen molar-refractivity contribution >= 4 is 0 Å². The summed E-state index contributed by atoms with van der Waals surface area (Å²) in [6.45, 7) is 0. The van der Waals surface area contributed by atoms with Crippen LogP contribution in [0.5, 0.6) is 0 Å². The summed E-state index contributed by atoms with van der Waals surface area (Å²) in [4.78, 5) is 17.3. The lowest BCUT2D eigenvalue weighted by Gasteiger charge is -2.36. The molecule has 1 aromatic heterocycles. The minimum absolute atomic E-state index is 0.539. The van der Waals surface area contributed by atoms with Crippen LogP contribution >= 0.6 is 0 Å².